The van der Waals surface area contributed by atoms with Gasteiger partial charge in [0, 0.05) is 73.8 Å². The molecule has 0 radical (unpaired) electrons. The third-order valence-corrected chi connectivity index (χ3v) is 11.1. The second kappa shape index (κ2) is 18.2. The molecular weight excluding hydrogens is 759 g/mol. The summed E-state index contributed by atoms with van der Waals surface area (Å²) in [5.74, 6) is -1.61. The summed E-state index contributed by atoms with van der Waals surface area (Å²) < 4.78 is 21.9. The fraction of sp³-hybridized carbons (Fsp3) is 0.381. The number of phenols is 2. The number of rotatable bonds is 13. The molecular formula is C42H48Cl2N4O8. The second-order valence-electron chi connectivity index (χ2n) is 13.9. The van der Waals surface area contributed by atoms with Gasteiger partial charge in [0.1, 0.15) is 0 Å². The molecule has 2 fully saturated rings. The first-order valence-corrected chi connectivity index (χ1v) is 19.2. The topological polar surface area (TPSA) is 124 Å². The van der Waals surface area contributed by atoms with Crippen molar-refractivity contribution < 1.29 is 38.7 Å². The van der Waals surface area contributed by atoms with Gasteiger partial charge in [-0.05, 0) is 84.6 Å². The van der Waals surface area contributed by atoms with Crippen LogP contribution in [0, 0.1) is 11.8 Å². The Morgan fingerprint density at radius 1 is 0.554 bits per heavy atom. The van der Waals surface area contributed by atoms with Crippen molar-refractivity contribution in [1.82, 2.24) is 9.80 Å². The number of amides is 2. The van der Waals surface area contributed by atoms with Crippen LogP contribution in [0.25, 0.3) is 0 Å². The molecule has 0 aromatic heterocycles. The van der Waals surface area contributed by atoms with Crippen LogP contribution in [0.5, 0.6) is 34.5 Å². The van der Waals surface area contributed by atoms with Gasteiger partial charge < -0.3 is 48.8 Å². The molecule has 2 N–H and O–H groups in total. The Hall–Kier alpha value is -5.20. The predicted molar refractivity (Wildman–Crippen MR) is 217 cm³/mol. The van der Waals surface area contributed by atoms with Crippen molar-refractivity contribution in [1.29, 1.82) is 0 Å². The monoisotopic (exact) mass is 806 g/mol. The molecule has 0 spiro atoms. The quantitative estimate of drug-likeness (QED) is 0.163. The highest BCUT2D eigenvalue weighted by Crippen LogP contribution is 2.41. The second-order valence-corrected chi connectivity index (χ2v) is 14.8. The number of carbonyl (C=O) groups is 2. The third-order valence-electron chi connectivity index (χ3n) is 10.6. The Labute approximate surface area is 337 Å². The number of carbonyl (C=O) groups excluding carboxylic acids is 2. The molecule has 2 amide bonds. The van der Waals surface area contributed by atoms with E-state index in [9.17, 15) is 10.2 Å². The first kappa shape index (κ1) is 40.5. The zero-order chi connectivity index (χ0) is 39.9. The maximum Gasteiger partial charge on any atom is 0.226 e. The Bertz CT molecular complexity index is 1820. The number of benzene rings is 4. The minimum atomic E-state index is -0.851. The van der Waals surface area contributed by atoms with Gasteiger partial charge in [-0.15, -0.1) is 0 Å². The van der Waals surface area contributed by atoms with E-state index < -0.39 is 11.8 Å². The summed E-state index contributed by atoms with van der Waals surface area (Å²) in [6, 6.07) is 22.0. The highest BCUT2D eigenvalue weighted by molar-refractivity contribution is 6.31. The SMILES string of the molecule is COc1cc(C[C@H](C(=O)N2CCN(c3cccc(Cl)c3)CC2)[C@@H](Cc2cc(OC)c(O)c(OC)c2)C(=O)N2CCN(c3cccc(Cl)c3)CC2)cc(OC)c1O. The Kier molecular flexibility index (Phi) is 13.1. The number of nitrogens with zero attached hydrogens (tertiary/aromatic N) is 4. The zero-order valence-corrected chi connectivity index (χ0v) is 33.6. The van der Waals surface area contributed by atoms with Gasteiger partial charge in [0.25, 0.3) is 0 Å². The molecule has 298 valence electrons. The summed E-state index contributed by atoms with van der Waals surface area (Å²) in [6.45, 7) is 4.06. The van der Waals surface area contributed by atoms with Crippen molar-refractivity contribution in [3.8, 4) is 34.5 Å². The average Bonchev–Trinajstić information content (AvgIpc) is 3.22. The molecule has 4 aromatic carbocycles. The Balaban J connectivity index is 1.37. The molecule has 2 aliphatic heterocycles. The maximum absolute atomic E-state index is 15.1. The lowest BCUT2D eigenvalue weighted by atomic mass is 9.80. The molecule has 0 bridgehead atoms. The van der Waals surface area contributed by atoms with Gasteiger partial charge in [0.15, 0.2) is 23.0 Å². The highest BCUT2D eigenvalue weighted by atomic mass is 35.5. The van der Waals surface area contributed by atoms with Gasteiger partial charge in [-0.3, -0.25) is 9.59 Å². The molecule has 0 saturated carbocycles. The molecule has 0 aliphatic carbocycles. The van der Waals surface area contributed by atoms with Crippen LogP contribution < -0.4 is 28.7 Å². The van der Waals surface area contributed by atoms with Gasteiger partial charge in [-0.2, -0.15) is 0 Å². The fourth-order valence-electron chi connectivity index (χ4n) is 7.63. The summed E-state index contributed by atoms with van der Waals surface area (Å²) in [6.07, 6.45) is 0.289. The van der Waals surface area contributed by atoms with Gasteiger partial charge in [0.05, 0.1) is 40.3 Å². The van der Waals surface area contributed by atoms with Crippen LogP contribution in [0.1, 0.15) is 11.1 Å². The van der Waals surface area contributed by atoms with Crippen molar-refractivity contribution in [2.75, 3.05) is 90.6 Å². The number of hydrogen-bond donors (Lipinski definition) is 2. The lowest BCUT2D eigenvalue weighted by Gasteiger charge is -2.41. The van der Waals surface area contributed by atoms with Crippen molar-refractivity contribution in [3.63, 3.8) is 0 Å². The fourth-order valence-corrected chi connectivity index (χ4v) is 8.00. The standard InChI is InChI=1S/C42H48Cl2N4O8/c1-53-35-21-27(22-36(54-2)39(35)49)19-33(41(51)47-15-11-45(12-16-47)31-9-5-7-29(43)25-31)34(20-28-23-37(55-3)40(50)38(24-28)56-4)42(52)48-17-13-46(14-18-48)32-10-6-8-30(44)26-32/h5-10,21-26,33-34,49-50H,11-20H2,1-4H3/t33-,34+. The van der Waals surface area contributed by atoms with Crippen molar-refractivity contribution in [2.24, 2.45) is 11.8 Å². The van der Waals surface area contributed by atoms with Gasteiger partial charge in [-0.25, -0.2) is 0 Å². The van der Waals surface area contributed by atoms with Crippen LogP contribution in [0.3, 0.4) is 0 Å². The van der Waals surface area contributed by atoms with E-state index in [2.05, 4.69) is 9.80 Å². The molecule has 56 heavy (non-hydrogen) atoms. The molecule has 14 heteroatoms. The molecule has 2 heterocycles. The van der Waals surface area contributed by atoms with Crippen molar-refractivity contribution in [2.45, 2.75) is 12.8 Å². The van der Waals surface area contributed by atoms with Crippen LogP contribution in [-0.2, 0) is 22.4 Å². The largest absolute Gasteiger partial charge is 0.502 e. The number of halogens is 2. The van der Waals surface area contributed by atoms with Crippen molar-refractivity contribution >= 4 is 46.4 Å². The molecule has 0 unspecified atom stereocenters. The number of hydrogen-bond acceptors (Lipinski definition) is 10. The number of piperazine rings is 2. The van der Waals surface area contributed by atoms with Crippen LogP contribution in [0.4, 0.5) is 11.4 Å². The lowest BCUT2D eigenvalue weighted by molar-refractivity contribution is -0.146. The van der Waals surface area contributed by atoms with E-state index in [0.29, 0.717) is 73.5 Å². The Morgan fingerprint density at radius 3 is 1.16 bits per heavy atom. The first-order valence-electron chi connectivity index (χ1n) is 18.5. The first-order chi connectivity index (χ1) is 27.0. The lowest BCUT2D eigenvalue weighted by Crippen LogP contribution is -2.55. The van der Waals surface area contributed by atoms with E-state index in [-0.39, 0.29) is 59.2 Å². The Morgan fingerprint density at radius 2 is 0.875 bits per heavy atom. The molecule has 2 atom stereocenters. The summed E-state index contributed by atoms with van der Waals surface area (Å²) in [5, 5.41) is 22.8. The minimum absolute atomic E-state index is 0.144. The smallest absolute Gasteiger partial charge is 0.226 e. The molecule has 2 aliphatic rings. The molecule has 6 rings (SSSR count). The number of ether oxygens (including phenoxy) is 4. The number of anilines is 2. The summed E-state index contributed by atoms with van der Waals surface area (Å²) in [5.41, 5.74) is 3.25. The molecule has 4 aromatic rings. The van der Waals surface area contributed by atoms with Gasteiger partial charge in [-0.1, -0.05) is 35.3 Å². The van der Waals surface area contributed by atoms with E-state index in [1.54, 1.807) is 24.3 Å². The normalized spacial score (nSPS) is 15.6. The van der Waals surface area contributed by atoms with Crippen molar-refractivity contribution in [3.05, 3.63) is 94.0 Å². The molecule has 12 nitrogen and oxygen atoms in total. The summed E-state index contributed by atoms with van der Waals surface area (Å²) in [7, 11) is 5.78. The van der Waals surface area contributed by atoms with E-state index >= 15 is 9.59 Å². The van der Waals surface area contributed by atoms with E-state index in [0.717, 1.165) is 11.4 Å². The predicted octanol–water partition coefficient (Wildman–Crippen LogP) is 6.15. The molecule has 2 saturated heterocycles. The van der Waals surface area contributed by atoms with E-state index in [1.165, 1.54) is 28.4 Å². The van der Waals surface area contributed by atoms with Gasteiger partial charge in [0.2, 0.25) is 23.3 Å². The van der Waals surface area contributed by atoms with Crippen LogP contribution in [0.15, 0.2) is 72.8 Å². The minimum Gasteiger partial charge on any atom is -0.502 e. The highest BCUT2D eigenvalue weighted by Gasteiger charge is 2.40. The zero-order valence-electron chi connectivity index (χ0n) is 32.0. The number of methoxy groups -OCH3 is 4. The average molecular weight is 808 g/mol. The van der Waals surface area contributed by atoms with E-state index in [4.69, 9.17) is 42.1 Å². The van der Waals surface area contributed by atoms with Crippen LogP contribution in [-0.4, -0.2) is 113 Å². The summed E-state index contributed by atoms with van der Waals surface area (Å²) in [4.78, 5) is 38.2. The van der Waals surface area contributed by atoms with Crippen LogP contribution >= 0.6 is 23.2 Å². The number of phenolic OH excluding ortho intramolecular Hbond substituents is 2. The van der Waals surface area contributed by atoms with Crippen LogP contribution in [0.2, 0.25) is 10.0 Å². The maximum atomic E-state index is 15.1. The van der Waals surface area contributed by atoms with Gasteiger partial charge >= 0.3 is 0 Å². The number of aromatic hydroxyl groups is 2. The third kappa shape index (κ3) is 9.08. The van der Waals surface area contributed by atoms with E-state index in [1.807, 2.05) is 58.3 Å². The summed E-state index contributed by atoms with van der Waals surface area (Å²) >= 11 is 12.6.